The number of hydrogen-bond acceptors (Lipinski definition) is 3. The summed E-state index contributed by atoms with van der Waals surface area (Å²) in [5.41, 5.74) is -0.317. The highest BCUT2D eigenvalue weighted by Crippen LogP contribution is 2.11. The third kappa shape index (κ3) is 3.65. The molecule has 3 nitrogen and oxygen atoms in total. The van der Waals surface area contributed by atoms with E-state index in [1.54, 1.807) is 6.07 Å². The number of nitrogens with zero attached hydrogens (tertiary/aromatic N) is 1. The topological polar surface area (TPSA) is 43.1 Å². The Morgan fingerprint density at radius 1 is 1.22 bits per heavy atom. The minimum Gasteiger partial charge on any atom is -0.408 e. The molecule has 1 aromatic carbocycles. The zero-order chi connectivity index (χ0) is 14.1. The molecule has 0 radical (unpaired) electrons. The van der Waals surface area contributed by atoms with Gasteiger partial charge in [-0.3, -0.25) is 0 Å². The molecule has 1 heterocycles. The van der Waals surface area contributed by atoms with E-state index in [2.05, 4.69) is 4.98 Å². The summed E-state index contributed by atoms with van der Waals surface area (Å²) >= 11 is 0. The van der Waals surface area contributed by atoms with Gasteiger partial charge >= 0.3 is 5.63 Å². The monoisotopic (exact) mass is 253 g/mol. The molecule has 0 amide bonds. The molecule has 0 saturated heterocycles. The van der Waals surface area contributed by atoms with E-state index in [-0.39, 0.29) is 5.39 Å². The molecule has 1 aromatic heterocycles. The molecule has 0 N–H and O–H groups in total. The van der Waals surface area contributed by atoms with Crippen molar-refractivity contribution in [2.75, 3.05) is 0 Å². The van der Waals surface area contributed by atoms with Crippen molar-refractivity contribution >= 4 is 10.9 Å². The van der Waals surface area contributed by atoms with Crippen LogP contribution in [0, 0.1) is 5.82 Å². The maximum atomic E-state index is 13.2. The average Bonchev–Trinajstić information content (AvgIpc) is 2.43. The lowest BCUT2D eigenvalue weighted by molar-refractivity contribution is 0.447. The van der Waals surface area contributed by atoms with Crippen LogP contribution < -0.4 is 5.63 Å². The number of aryl methyl sites for hydroxylation is 1. The van der Waals surface area contributed by atoms with Crippen LogP contribution in [0.5, 0.6) is 0 Å². The molecule has 100 valence electrons. The van der Waals surface area contributed by atoms with E-state index in [1.807, 2.05) is 34.6 Å². The van der Waals surface area contributed by atoms with Crippen LogP contribution in [-0.2, 0) is 6.42 Å². The summed E-state index contributed by atoms with van der Waals surface area (Å²) < 4.78 is 18.0. The standard InChI is InChI=1S/C10H8FNO2.2C2H6/c1-2-8-12-7-5-3-4-6(11)9(7)10(13)14-8;2*1-2/h3-5H,2H2,1H3;2*1-2H3. The van der Waals surface area contributed by atoms with Gasteiger partial charge < -0.3 is 4.42 Å². The average molecular weight is 253 g/mol. The quantitative estimate of drug-likeness (QED) is 0.773. The lowest BCUT2D eigenvalue weighted by atomic mass is 10.2. The molecule has 0 bridgehead atoms. The second-order valence-electron chi connectivity index (χ2n) is 2.88. The molecule has 0 aliphatic heterocycles. The molecule has 2 rings (SSSR count). The van der Waals surface area contributed by atoms with Crippen LogP contribution in [0.2, 0.25) is 0 Å². The van der Waals surface area contributed by atoms with Crippen molar-refractivity contribution < 1.29 is 8.81 Å². The number of benzene rings is 1. The van der Waals surface area contributed by atoms with E-state index in [1.165, 1.54) is 12.1 Å². The van der Waals surface area contributed by atoms with Crippen molar-refractivity contribution in [3.05, 3.63) is 40.3 Å². The van der Waals surface area contributed by atoms with Crippen LogP contribution in [0.3, 0.4) is 0 Å². The predicted octanol–water partition coefficient (Wildman–Crippen LogP) is 3.94. The molecular weight excluding hydrogens is 233 g/mol. The third-order valence-corrected chi connectivity index (χ3v) is 1.95. The lowest BCUT2D eigenvalue weighted by Gasteiger charge is -1.98. The maximum Gasteiger partial charge on any atom is 0.349 e. The van der Waals surface area contributed by atoms with Gasteiger partial charge in [0.25, 0.3) is 0 Å². The fraction of sp³-hybridized carbons (Fsp3) is 0.429. The maximum absolute atomic E-state index is 13.2. The van der Waals surface area contributed by atoms with Crippen molar-refractivity contribution in [3.63, 3.8) is 0 Å². The van der Waals surface area contributed by atoms with Crippen LogP contribution in [0.15, 0.2) is 27.4 Å². The first-order chi connectivity index (χ1) is 8.72. The summed E-state index contributed by atoms with van der Waals surface area (Å²) in [6.45, 7) is 9.82. The van der Waals surface area contributed by atoms with Gasteiger partial charge in [-0.15, -0.1) is 0 Å². The molecule has 0 atom stereocenters. The van der Waals surface area contributed by atoms with Crippen molar-refractivity contribution in [1.29, 1.82) is 0 Å². The van der Waals surface area contributed by atoms with Crippen LogP contribution in [0.4, 0.5) is 4.39 Å². The number of fused-ring (bicyclic) bond motifs is 1. The molecule has 2 aromatic rings. The zero-order valence-corrected chi connectivity index (χ0v) is 11.6. The molecule has 0 spiro atoms. The van der Waals surface area contributed by atoms with Gasteiger partial charge in [0.2, 0.25) is 0 Å². The van der Waals surface area contributed by atoms with Gasteiger partial charge in [0, 0.05) is 6.42 Å². The van der Waals surface area contributed by atoms with E-state index in [0.717, 1.165) is 0 Å². The molecular formula is C14H20FNO2. The van der Waals surface area contributed by atoms with E-state index in [9.17, 15) is 9.18 Å². The highest BCUT2D eigenvalue weighted by atomic mass is 19.1. The molecule has 18 heavy (non-hydrogen) atoms. The highest BCUT2D eigenvalue weighted by molar-refractivity contribution is 5.77. The van der Waals surface area contributed by atoms with Crippen LogP contribution in [0.25, 0.3) is 10.9 Å². The van der Waals surface area contributed by atoms with Crippen LogP contribution >= 0.6 is 0 Å². The first-order valence-corrected chi connectivity index (χ1v) is 6.30. The zero-order valence-electron chi connectivity index (χ0n) is 11.6. The van der Waals surface area contributed by atoms with E-state index in [4.69, 9.17) is 4.42 Å². The smallest absolute Gasteiger partial charge is 0.349 e. The molecule has 0 unspecified atom stereocenters. The minimum absolute atomic E-state index is 0.0790. The molecule has 0 saturated carbocycles. The van der Waals surface area contributed by atoms with E-state index in [0.29, 0.717) is 17.8 Å². The summed E-state index contributed by atoms with van der Waals surface area (Å²) in [7, 11) is 0. The predicted molar refractivity (Wildman–Crippen MR) is 72.3 cm³/mol. The Morgan fingerprint density at radius 3 is 2.39 bits per heavy atom. The number of halogens is 1. The Morgan fingerprint density at radius 2 is 1.83 bits per heavy atom. The van der Waals surface area contributed by atoms with Crippen LogP contribution in [-0.4, -0.2) is 4.98 Å². The third-order valence-electron chi connectivity index (χ3n) is 1.95. The van der Waals surface area contributed by atoms with Gasteiger partial charge in [-0.1, -0.05) is 40.7 Å². The van der Waals surface area contributed by atoms with Crippen molar-refractivity contribution in [2.24, 2.45) is 0 Å². The fourth-order valence-corrected chi connectivity index (χ4v) is 1.27. The summed E-state index contributed by atoms with van der Waals surface area (Å²) in [6, 6.07) is 4.32. The summed E-state index contributed by atoms with van der Waals surface area (Å²) in [5, 5.41) is -0.0790. The van der Waals surface area contributed by atoms with Gasteiger partial charge in [-0.25, -0.2) is 14.2 Å². The SMILES string of the molecule is CC.CC.CCc1nc2cccc(F)c2c(=O)o1. The Hall–Kier alpha value is -1.71. The Balaban J connectivity index is 0.000000659. The molecule has 0 aliphatic carbocycles. The Kier molecular flexibility index (Phi) is 7.59. The lowest BCUT2D eigenvalue weighted by Crippen LogP contribution is -2.06. The van der Waals surface area contributed by atoms with Gasteiger partial charge in [0.05, 0.1) is 5.52 Å². The minimum atomic E-state index is -0.662. The van der Waals surface area contributed by atoms with Crippen molar-refractivity contribution in [2.45, 2.75) is 41.0 Å². The van der Waals surface area contributed by atoms with Gasteiger partial charge in [-0.05, 0) is 12.1 Å². The highest BCUT2D eigenvalue weighted by Gasteiger charge is 2.08. The van der Waals surface area contributed by atoms with E-state index < -0.39 is 11.4 Å². The molecule has 0 aliphatic rings. The van der Waals surface area contributed by atoms with Crippen LogP contribution in [0.1, 0.15) is 40.5 Å². The van der Waals surface area contributed by atoms with Gasteiger partial charge in [0.1, 0.15) is 11.2 Å². The first-order valence-electron chi connectivity index (χ1n) is 6.30. The largest absolute Gasteiger partial charge is 0.408 e. The van der Waals surface area contributed by atoms with Crippen molar-refractivity contribution in [1.82, 2.24) is 4.98 Å². The van der Waals surface area contributed by atoms with Gasteiger partial charge in [-0.2, -0.15) is 0 Å². The number of rotatable bonds is 1. The van der Waals surface area contributed by atoms with Crippen molar-refractivity contribution in [3.8, 4) is 0 Å². The second-order valence-corrected chi connectivity index (χ2v) is 2.88. The Labute approximate surface area is 107 Å². The summed E-state index contributed by atoms with van der Waals surface area (Å²) in [5.74, 6) is -0.264. The fourth-order valence-electron chi connectivity index (χ4n) is 1.27. The number of aromatic nitrogens is 1. The first kappa shape index (κ1) is 16.3. The van der Waals surface area contributed by atoms with E-state index >= 15 is 0 Å². The number of hydrogen-bond donors (Lipinski definition) is 0. The summed E-state index contributed by atoms with van der Waals surface area (Å²) in [4.78, 5) is 15.3. The second kappa shape index (κ2) is 8.39. The molecule has 0 fully saturated rings. The Bertz CT molecular complexity index is 535. The normalized spacial score (nSPS) is 9.00. The summed E-state index contributed by atoms with van der Waals surface area (Å²) in [6.07, 6.45) is 0.516. The van der Waals surface area contributed by atoms with Gasteiger partial charge in [0.15, 0.2) is 5.89 Å². The molecule has 4 heteroatoms.